The smallest absolute Gasteiger partial charge is 0.247 e. The molecule has 0 aliphatic carbocycles. The third kappa shape index (κ3) is 4.35. The van der Waals surface area contributed by atoms with E-state index in [4.69, 9.17) is 0 Å². The van der Waals surface area contributed by atoms with Gasteiger partial charge in [-0.2, -0.15) is 0 Å². The number of aromatic nitrogens is 2. The number of carbonyl (C=O) groups is 2. The Morgan fingerprint density at radius 2 is 2.32 bits per heavy atom. The van der Waals surface area contributed by atoms with Crippen molar-refractivity contribution in [2.24, 2.45) is 0 Å². The van der Waals surface area contributed by atoms with Crippen LogP contribution in [-0.4, -0.2) is 45.8 Å². The fraction of sp³-hybridized carbons (Fsp3) is 0.375. The van der Waals surface area contributed by atoms with Crippen molar-refractivity contribution in [2.45, 2.75) is 23.7 Å². The molecule has 1 aliphatic heterocycles. The van der Waals surface area contributed by atoms with Crippen LogP contribution in [0.1, 0.15) is 23.0 Å². The molecule has 1 fully saturated rings. The second kappa shape index (κ2) is 7.92. The summed E-state index contributed by atoms with van der Waals surface area (Å²) in [6, 6.07) is 5.04. The second-order valence-corrected chi connectivity index (χ2v) is 8.04. The molecule has 1 saturated heterocycles. The number of halogens is 1. The summed E-state index contributed by atoms with van der Waals surface area (Å²) in [6.45, 7) is 2.69. The largest absolute Gasteiger partial charge is 0.352 e. The molecule has 2 amide bonds. The third-order valence-electron chi connectivity index (χ3n) is 3.75. The summed E-state index contributed by atoms with van der Waals surface area (Å²) in [6.07, 6.45) is 0.280. The van der Waals surface area contributed by atoms with E-state index in [1.165, 1.54) is 40.1 Å². The van der Waals surface area contributed by atoms with E-state index in [1.807, 2.05) is 6.92 Å². The first kappa shape index (κ1) is 17.8. The minimum atomic E-state index is -0.786. The predicted octanol–water partition coefficient (Wildman–Crippen LogP) is 2.17. The summed E-state index contributed by atoms with van der Waals surface area (Å²) in [4.78, 5) is 26.4. The number of hydrogen-bond donors (Lipinski definition) is 1. The maximum absolute atomic E-state index is 13.5. The highest BCUT2D eigenvalue weighted by atomic mass is 32.2. The van der Waals surface area contributed by atoms with Crippen LogP contribution in [0.25, 0.3) is 0 Å². The van der Waals surface area contributed by atoms with Gasteiger partial charge < -0.3 is 10.2 Å². The van der Waals surface area contributed by atoms with Gasteiger partial charge in [0, 0.05) is 25.3 Å². The molecule has 1 aromatic heterocycles. The minimum absolute atomic E-state index is 0.127. The summed E-state index contributed by atoms with van der Waals surface area (Å²) in [5.41, 5.74) is 0.484. The van der Waals surface area contributed by atoms with Gasteiger partial charge in [-0.15, -0.1) is 10.2 Å². The van der Waals surface area contributed by atoms with Gasteiger partial charge in [-0.1, -0.05) is 35.2 Å². The van der Waals surface area contributed by atoms with Gasteiger partial charge in [-0.05, 0) is 24.6 Å². The predicted molar refractivity (Wildman–Crippen MR) is 93.9 cm³/mol. The van der Waals surface area contributed by atoms with Gasteiger partial charge in [-0.25, -0.2) is 4.39 Å². The Bertz CT molecular complexity index is 783. The van der Waals surface area contributed by atoms with E-state index in [0.717, 1.165) is 9.35 Å². The zero-order valence-electron chi connectivity index (χ0n) is 13.6. The fourth-order valence-corrected chi connectivity index (χ4v) is 4.46. The van der Waals surface area contributed by atoms with Crippen molar-refractivity contribution in [3.63, 3.8) is 0 Å². The second-order valence-electron chi connectivity index (χ2n) is 5.52. The van der Waals surface area contributed by atoms with Crippen molar-refractivity contribution in [3.05, 3.63) is 40.7 Å². The van der Waals surface area contributed by atoms with Gasteiger partial charge in [0.1, 0.15) is 16.9 Å². The minimum Gasteiger partial charge on any atom is -0.352 e. The van der Waals surface area contributed by atoms with Crippen molar-refractivity contribution in [3.8, 4) is 0 Å². The first-order valence-electron chi connectivity index (χ1n) is 7.80. The van der Waals surface area contributed by atoms with E-state index >= 15 is 0 Å². The normalized spacial score (nSPS) is 17.4. The number of nitrogens with one attached hydrogen (secondary N) is 1. The maximum atomic E-state index is 13.5. The van der Waals surface area contributed by atoms with Crippen LogP contribution in [-0.2, 0) is 9.59 Å². The molecule has 1 atom stereocenters. The van der Waals surface area contributed by atoms with Crippen LogP contribution in [0.2, 0.25) is 0 Å². The number of rotatable bonds is 5. The number of benzene rings is 1. The Hall–Kier alpha value is -2.00. The molecule has 1 aromatic carbocycles. The molecule has 1 aliphatic rings. The molecule has 6 nitrogen and oxygen atoms in total. The Morgan fingerprint density at radius 3 is 3.04 bits per heavy atom. The van der Waals surface area contributed by atoms with Crippen LogP contribution in [0.15, 0.2) is 28.6 Å². The summed E-state index contributed by atoms with van der Waals surface area (Å²) in [5.74, 6) is -0.275. The standard InChI is InChI=1S/C16H17FN4O2S2/c1-10-19-20-16(25-10)24-8-5-13(22)21-7-6-18-15(23)14(21)11-3-2-4-12(17)9-11/h2-4,9,14H,5-8H2,1H3,(H,18,23)/t14-/m1/s1. The molecular formula is C16H17FN4O2S2. The van der Waals surface area contributed by atoms with E-state index in [9.17, 15) is 14.0 Å². The van der Waals surface area contributed by atoms with Gasteiger partial charge in [0.2, 0.25) is 11.8 Å². The van der Waals surface area contributed by atoms with Crippen LogP contribution in [0, 0.1) is 12.7 Å². The van der Waals surface area contributed by atoms with E-state index in [1.54, 1.807) is 12.1 Å². The highest BCUT2D eigenvalue weighted by Crippen LogP contribution is 2.26. The molecule has 0 radical (unpaired) electrons. The number of piperazine rings is 1. The number of hydrogen-bond acceptors (Lipinski definition) is 6. The zero-order valence-corrected chi connectivity index (χ0v) is 15.2. The SMILES string of the molecule is Cc1nnc(SCCC(=O)N2CCNC(=O)[C@H]2c2cccc(F)c2)s1. The lowest BCUT2D eigenvalue weighted by Crippen LogP contribution is -2.52. The molecule has 1 N–H and O–H groups in total. The number of carbonyl (C=O) groups excluding carboxylic acids is 2. The van der Waals surface area contributed by atoms with Gasteiger partial charge in [0.05, 0.1) is 0 Å². The molecule has 9 heteroatoms. The molecule has 0 spiro atoms. The lowest BCUT2D eigenvalue weighted by Gasteiger charge is -2.35. The molecule has 0 bridgehead atoms. The van der Waals surface area contributed by atoms with Crippen molar-refractivity contribution < 1.29 is 14.0 Å². The van der Waals surface area contributed by atoms with Gasteiger partial charge >= 0.3 is 0 Å². The lowest BCUT2D eigenvalue weighted by molar-refractivity contribution is -0.143. The zero-order chi connectivity index (χ0) is 17.8. The van der Waals surface area contributed by atoms with Crippen molar-refractivity contribution in [2.75, 3.05) is 18.8 Å². The molecule has 132 valence electrons. The number of aryl methyl sites for hydroxylation is 1. The average molecular weight is 380 g/mol. The topological polar surface area (TPSA) is 75.2 Å². The quantitative estimate of drug-likeness (QED) is 0.805. The van der Waals surface area contributed by atoms with Gasteiger partial charge in [0.25, 0.3) is 0 Å². The van der Waals surface area contributed by atoms with Crippen LogP contribution >= 0.6 is 23.1 Å². The lowest BCUT2D eigenvalue weighted by atomic mass is 10.0. The summed E-state index contributed by atoms with van der Waals surface area (Å²) in [7, 11) is 0. The van der Waals surface area contributed by atoms with E-state index in [2.05, 4.69) is 15.5 Å². The number of nitrogens with zero attached hydrogens (tertiary/aromatic N) is 3. The Labute approximate surface area is 152 Å². The Morgan fingerprint density at radius 1 is 1.48 bits per heavy atom. The van der Waals surface area contributed by atoms with E-state index < -0.39 is 11.9 Å². The van der Waals surface area contributed by atoms with Crippen LogP contribution in [0.3, 0.4) is 0 Å². The molecule has 2 aromatic rings. The monoisotopic (exact) mass is 380 g/mol. The molecule has 0 unspecified atom stereocenters. The molecular weight excluding hydrogens is 363 g/mol. The van der Waals surface area contributed by atoms with E-state index in [-0.39, 0.29) is 18.2 Å². The Balaban J connectivity index is 1.67. The van der Waals surface area contributed by atoms with Crippen LogP contribution in [0.5, 0.6) is 0 Å². The summed E-state index contributed by atoms with van der Waals surface area (Å²) >= 11 is 2.96. The fourth-order valence-electron chi connectivity index (χ4n) is 2.65. The molecule has 2 heterocycles. The highest BCUT2D eigenvalue weighted by molar-refractivity contribution is 8.01. The molecule has 0 saturated carbocycles. The summed E-state index contributed by atoms with van der Waals surface area (Å²) in [5, 5.41) is 11.6. The van der Waals surface area contributed by atoms with Gasteiger partial charge in [-0.3, -0.25) is 9.59 Å². The Kier molecular flexibility index (Phi) is 5.64. The van der Waals surface area contributed by atoms with E-state index in [0.29, 0.717) is 24.4 Å². The first-order valence-corrected chi connectivity index (χ1v) is 9.60. The number of amides is 2. The third-order valence-corrected chi connectivity index (χ3v) is 5.72. The maximum Gasteiger partial charge on any atom is 0.247 e. The first-order chi connectivity index (χ1) is 12.0. The molecule has 3 rings (SSSR count). The van der Waals surface area contributed by atoms with Gasteiger partial charge in [0.15, 0.2) is 4.34 Å². The average Bonchev–Trinajstić information content (AvgIpc) is 2.99. The summed E-state index contributed by atoms with van der Waals surface area (Å²) < 4.78 is 14.3. The molecule has 25 heavy (non-hydrogen) atoms. The van der Waals surface area contributed by atoms with Crippen LogP contribution < -0.4 is 5.32 Å². The van der Waals surface area contributed by atoms with Crippen molar-refractivity contribution >= 4 is 34.9 Å². The highest BCUT2D eigenvalue weighted by Gasteiger charge is 2.34. The van der Waals surface area contributed by atoms with Crippen molar-refractivity contribution in [1.82, 2.24) is 20.4 Å². The van der Waals surface area contributed by atoms with Crippen molar-refractivity contribution in [1.29, 1.82) is 0 Å². The van der Waals surface area contributed by atoms with Crippen LogP contribution in [0.4, 0.5) is 4.39 Å². The number of thioether (sulfide) groups is 1.